The number of H-pyrrole nitrogens is 1. The topological polar surface area (TPSA) is 332 Å². The van der Waals surface area contributed by atoms with Crippen LogP contribution >= 0.6 is 21.6 Å². The minimum absolute atomic E-state index is 0.0340. The van der Waals surface area contributed by atoms with Gasteiger partial charge < -0.3 is 69.0 Å². The van der Waals surface area contributed by atoms with Crippen LogP contribution in [0.2, 0.25) is 0 Å². The van der Waals surface area contributed by atoms with Crippen LogP contribution < -0.4 is 48.7 Å². The number of hydrogen-bond acceptors (Lipinski definition) is 14. The molecule has 1 fully saturated rings. The lowest BCUT2D eigenvalue weighted by molar-refractivity contribution is -0.136. The molecule has 3 aromatic carbocycles. The van der Waals surface area contributed by atoms with Gasteiger partial charge in [0.1, 0.15) is 36.3 Å². The van der Waals surface area contributed by atoms with Crippen molar-refractivity contribution in [1.82, 2.24) is 42.2 Å². The van der Waals surface area contributed by atoms with Gasteiger partial charge in [-0.2, -0.15) is 0 Å². The standard InChI is InChI=1S/C49H66N10O10S2/c1-28(61)39(25-60)56-48(68)41-27-71-70-26-40(57-43(63)34(51)21-30-13-5-3-6-14-30)47(67)54-37(22-31-15-7-4-8-16-31)45(65)55-38(23-32-24-52-35-18-10-9-17-33(32)35)46(66)53-36(19-11-12-20-50)44(64)59-42(29(2)62)49(69)58-41/h3-10,13-18,24,28-29,34,36-42,52,60-62H,11-12,19-23,25-27,50-51H2,1-2H3,(H,53,66)(H,54,67)(H,55,65)(H,56,68)(H,57,63)(H,58,69)(H,59,64)/t28-,29-,34?,36+,37+,38-,39-,40+,41+,42?/m1/s1. The van der Waals surface area contributed by atoms with E-state index < -0.39 is 108 Å². The number of carbonyl (C=O) groups excluding carboxylic acids is 7. The summed E-state index contributed by atoms with van der Waals surface area (Å²) in [7, 11) is 2.06. The van der Waals surface area contributed by atoms with Crippen molar-refractivity contribution >= 4 is 73.8 Å². The fourth-order valence-electron chi connectivity index (χ4n) is 7.73. The van der Waals surface area contributed by atoms with E-state index in [4.69, 9.17) is 11.5 Å². The third-order valence-electron chi connectivity index (χ3n) is 11.9. The van der Waals surface area contributed by atoms with Gasteiger partial charge in [0.2, 0.25) is 41.4 Å². The van der Waals surface area contributed by atoms with Crippen LogP contribution in [0.25, 0.3) is 10.9 Å². The molecule has 0 saturated carbocycles. The summed E-state index contributed by atoms with van der Waals surface area (Å²) in [5, 5.41) is 50.5. The number of amides is 7. The maximum atomic E-state index is 14.7. The van der Waals surface area contributed by atoms with Crippen LogP contribution in [0.15, 0.2) is 91.1 Å². The molecule has 2 unspecified atom stereocenters. The highest BCUT2D eigenvalue weighted by Crippen LogP contribution is 2.24. The Kier molecular flexibility index (Phi) is 22.2. The smallest absolute Gasteiger partial charge is 0.245 e. The molecular formula is C49H66N10O10S2. The van der Waals surface area contributed by atoms with Gasteiger partial charge in [0.15, 0.2) is 0 Å². The molecule has 0 bridgehead atoms. The van der Waals surface area contributed by atoms with E-state index >= 15 is 0 Å². The predicted molar refractivity (Wildman–Crippen MR) is 272 cm³/mol. The molecule has 15 N–H and O–H groups in total. The van der Waals surface area contributed by atoms with Gasteiger partial charge in [-0.1, -0.05) is 100 Å². The highest BCUT2D eigenvalue weighted by Gasteiger charge is 2.36. The molecule has 1 saturated heterocycles. The molecule has 0 aliphatic carbocycles. The van der Waals surface area contributed by atoms with Crippen LogP contribution in [0.1, 0.15) is 49.8 Å². The van der Waals surface area contributed by atoms with E-state index in [1.165, 1.54) is 13.8 Å². The van der Waals surface area contributed by atoms with Crippen molar-refractivity contribution in [3.63, 3.8) is 0 Å². The van der Waals surface area contributed by atoms with Crippen molar-refractivity contribution < 1.29 is 48.9 Å². The molecule has 1 aliphatic heterocycles. The number of para-hydroxylation sites is 1. The third kappa shape index (κ3) is 17.1. The number of hydrogen-bond donors (Lipinski definition) is 13. The summed E-state index contributed by atoms with van der Waals surface area (Å²) in [4.78, 5) is 103. The van der Waals surface area contributed by atoms with Gasteiger partial charge in [-0.25, -0.2) is 0 Å². The fraction of sp³-hybridized carbons (Fsp3) is 0.449. The van der Waals surface area contributed by atoms with Gasteiger partial charge in [-0.3, -0.25) is 33.6 Å². The molecule has 10 atom stereocenters. The molecule has 7 amide bonds. The average molecular weight is 1020 g/mol. The van der Waals surface area contributed by atoms with E-state index in [1.807, 2.05) is 30.3 Å². The summed E-state index contributed by atoms with van der Waals surface area (Å²) in [5.74, 6) is -6.01. The highest BCUT2D eigenvalue weighted by molar-refractivity contribution is 8.76. The van der Waals surface area contributed by atoms with Crippen LogP contribution in [0.4, 0.5) is 0 Å². The Hall–Kier alpha value is -6.01. The summed E-state index contributed by atoms with van der Waals surface area (Å²) in [5.41, 5.74) is 15.0. The van der Waals surface area contributed by atoms with E-state index in [0.29, 0.717) is 24.0 Å². The largest absolute Gasteiger partial charge is 0.394 e. The SMILES string of the molecule is C[C@@H](O)C1NC(=O)[C@H](CCCCN)NC(=O)[C@@H](Cc2c[nH]c3ccccc23)NC(=O)[C@H](Cc2ccccc2)NC(=O)[C@@H](NC(=O)C(N)Cc2ccccc2)CSSC[C@@H](C(=O)N[C@H](CO)[C@@H](C)O)NC1=O. The zero-order valence-corrected chi connectivity index (χ0v) is 41.3. The molecule has 2 heterocycles. The van der Waals surface area contributed by atoms with Gasteiger partial charge in [-0.05, 0) is 68.8 Å². The molecule has 1 aromatic heterocycles. The van der Waals surface area contributed by atoms with Crippen LogP contribution in [0.5, 0.6) is 0 Å². The first-order valence-corrected chi connectivity index (χ1v) is 26.0. The first-order valence-electron chi connectivity index (χ1n) is 23.5. The van der Waals surface area contributed by atoms with Crippen molar-refractivity contribution in [1.29, 1.82) is 0 Å². The number of fused-ring (bicyclic) bond motifs is 1. The monoisotopic (exact) mass is 1020 g/mol. The van der Waals surface area contributed by atoms with Gasteiger partial charge in [-0.15, -0.1) is 0 Å². The number of unbranched alkanes of at least 4 members (excludes halogenated alkanes) is 1. The summed E-state index contributed by atoms with van der Waals surface area (Å²) in [6.45, 7) is 2.23. The minimum Gasteiger partial charge on any atom is -0.394 e. The van der Waals surface area contributed by atoms with Crippen LogP contribution in [0, 0.1) is 0 Å². The number of nitrogens with one attached hydrogen (secondary N) is 8. The normalized spacial score (nSPS) is 22.8. The molecule has 4 aromatic rings. The maximum absolute atomic E-state index is 14.7. The molecular weight excluding hydrogens is 953 g/mol. The Bertz CT molecular complexity index is 2400. The van der Waals surface area contributed by atoms with Gasteiger partial charge in [0.05, 0.1) is 30.9 Å². The number of rotatable bonds is 17. The number of nitrogens with two attached hydrogens (primary N) is 2. The van der Waals surface area contributed by atoms with E-state index in [9.17, 15) is 48.9 Å². The van der Waals surface area contributed by atoms with Crippen molar-refractivity contribution in [3.8, 4) is 0 Å². The third-order valence-corrected chi connectivity index (χ3v) is 14.3. The van der Waals surface area contributed by atoms with Crippen molar-refractivity contribution in [2.24, 2.45) is 11.5 Å². The van der Waals surface area contributed by atoms with E-state index in [0.717, 1.165) is 38.1 Å². The molecule has 0 radical (unpaired) electrons. The van der Waals surface area contributed by atoms with Gasteiger partial charge >= 0.3 is 0 Å². The van der Waals surface area contributed by atoms with Crippen LogP contribution in [0.3, 0.4) is 0 Å². The van der Waals surface area contributed by atoms with E-state index in [2.05, 4.69) is 42.2 Å². The number of aliphatic hydroxyl groups is 3. The molecule has 71 heavy (non-hydrogen) atoms. The summed E-state index contributed by atoms with van der Waals surface area (Å²) < 4.78 is 0. The Morgan fingerprint density at radius 1 is 0.718 bits per heavy atom. The lowest BCUT2D eigenvalue weighted by Gasteiger charge is -2.29. The van der Waals surface area contributed by atoms with Crippen molar-refractivity contribution in [2.45, 2.75) is 113 Å². The average Bonchev–Trinajstić information content (AvgIpc) is 3.76. The Labute approximate surface area is 420 Å². The molecule has 22 heteroatoms. The Morgan fingerprint density at radius 3 is 1.96 bits per heavy atom. The lowest BCUT2D eigenvalue weighted by atomic mass is 10.0. The Balaban J connectivity index is 1.56. The second-order valence-corrected chi connectivity index (χ2v) is 20.0. The fourth-order valence-corrected chi connectivity index (χ4v) is 10.1. The predicted octanol–water partition coefficient (Wildman–Crippen LogP) is -0.805. The number of benzene rings is 3. The number of aromatic amines is 1. The quantitative estimate of drug-likeness (QED) is 0.0455. The first kappa shape index (κ1) is 55.9. The second kappa shape index (κ2) is 28.1. The lowest BCUT2D eigenvalue weighted by Crippen LogP contribution is -2.62. The molecule has 1 aliphatic rings. The summed E-state index contributed by atoms with van der Waals surface area (Å²) in [6.07, 6.45) is -0.156. The number of aromatic nitrogens is 1. The van der Waals surface area contributed by atoms with Crippen LogP contribution in [-0.2, 0) is 52.8 Å². The summed E-state index contributed by atoms with van der Waals surface area (Å²) >= 11 is 0. The molecule has 384 valence electrons. The second-order valence-electron chi connectivity index (χ2n) is 17.5. The first-order chi connectivity index (χ1) is 34.1. The van der Waals surface area contributed by atoms with Gasteiger partial charge in [0, 0.05) is 41.4 Å². The van der Waals surface area contributed by atoms with Crippen LogP contribution in [-0.4, -0.2) is 147 Å². The molecule has 5 rings (SSSR count). The van der Waals surface area contributed by atoms with Crippen molar-refractivity contribution in [2.75, 3.05) is 24.7 Å². The molecule has 0 spiro atoms. The van der Waals surface area contributed by atoms with E-state index in [1.54, 1.807) is 60.8 Å². The number of carbonyl (C=O) groups is 7. The Morgan fingerprint density at radius 2 is 1.31 bits per heavy atom. The zero-order chi connectivity index (χ0) is 51.5. The van der Waals surface area contributed by atoms with Crippen molar-refractivity contribution in [3.05, 3.63) is 108 Å². The highest BCUT2D eigenvalue weighted by atomic mass is 33.1. The minimum atomic E-state index is -1.66. The zero-order valence-electron chi connectivity index (χ0n) is 39.7. The summed E-state index contributed by atoms with van der Waals surface area (Å²) in [6, 6.07) is 14.6. The van der Waals surface area contributed by atoms with Gasteiger partial charge in [0.25, 0.3) is 0 Å². The molecule has 20 nitrogen and oxygen atoms in total. The maximum Gasteiger partial charge on any atom is 0.245 e. The number of aliphatic hydroxyl groups excluding tert-OH is 3. The van der Waals surface area contributed by atoms with E-state index in [-0.39, 0.29) is 43.7 Å².